The molecule has 0 fully saturated rings. The summed E-state index contributed by atoms with van der Waals surface area (Å²) in [7, 11) is 1.63. The normalized spacial score (nSPS) is 12.6. The van der Waals surface area contributed by atoms with Gasteiger partial charge in [-0.1, -0.05) is 26.8 Å². The Morgan fingerprint density at radius 1 is 1.21 bits per heavy atom. The molecule has 0 aliphatic rings. The third kappa shape index (κ3) is 4.62. The summed E-state index contributed by atoms with van der Waals surface area (Å²) in [5.74, 6) is -0.245. The minimum absolute atomic E-state index is 0.0238. The lowest BCUT2D eigenvalue weighted by Crippen LogP contribution is -2.11. The first-order chi connectivity index (χ1) is 13.7. The van der Waals surface area contributed by atoms with Gasteiger partial charge < -0.3 is 14.3 Å². The highest BCUT2D eigenvalue weighted by atomic mass is 16.5. The Labute approximate surface area is 169 Å². The van der Waals surface area contributed by atoms with Gasteiger partial charge in [0.2, 0.25) is 11.8 Å². The molecule has 0 spiro atoms. The number of carboxylic acid groups (broad SMARTS) is 1. The molecule has 0 aliphatic carbocycles. The highest BCUT2D eigenvalue weighted by molar-refractivity contribution is 5.72. The predicted octanol–water partition coefficient (Wildman–Crippen LogP) is 4.35. The zero-order valence-electron chi connectivity index (χ0n) is 17.3. The van der Waals surface area contributed by atoms with E-state index in [0.717, 1.165) is 16.9 Å². The SMILES string of the molecule is COc1ccc(C(C)(C)C)cc1-c1ccnc(C(CC(=O)O)c2nnc(C)o2)c1. The number of nitrogens with zero attached hydrogens (tertiary/aromatic N) is 3. The second kappa shape index (κ2) is 8.03. The number of pyridine rings is 1. The van der Waals surface area contributed by atoms with Gasteiger partial charge in [-0.05, 0) is 40.8 Å². The number of benzene rings is 1. The molecule has 1 atom stereocenters. The summed E-state index contributed by atoms with van der Waals surface area (Å²) in [6, 6.07) is 9.84. The van der Waals surface area contributed by atoms with Gasteiger partial charge in [0.05, 0.1) is 25.1 Å². The predicted molar refractivity (Wildman–Crippen MR) is 108 cm³/mol. The van der Waals surface area contributed by atoms with Crippen LogP contribution in [0.5, 0.6) is 5.75 Å². The van der Waals surface area contributed by atoms with E-state index >= 15 is 0 Å². The van der Waals surface area contributed by atoms with Crippen molar-refractivity contribution in [3.8, 4) is 16.9 Å². The number of rotatable bonds is 6. The summed E-state index contributed by atoms with van der Waals surface area (Å²) in [6.07, 6.45) is 1.46. The molecule has 7 heteroatoms. The van der Waals surface area contributed by atoms with Crippen LogP contribution < -0.4 is 4.74 Å². The minimum atomic E-state index is -0.967. The molecule has 1 unspecified atom stereocenters. The van der Waals surface area contributed by atoms with E-state index in [2.05, 4.69) is 48.1 Å². The molecule has 0 bridgehead atoms. The van der Waals surface area contributed by atoms with E-state index in [-0.39, 0.29) is 17.7 Å². The highest BCUT2D eigenvalue weighted by Crippen LogP contribution is 2.36. The average molecular weight is 395 g/mol. The van der Waals surface area contributed by atoms with Gasteiger partial charge in [0, 0.05) is 18.7 Å². The van der Waals surface area contributed by atoms with Crippen LogP contribution in [0.2, 0.25) is 0 Å². The first-order valence-electron chi connectivity index (χ1n) is 9.35. The molecule has 29 heavy (non-hydrogen) atoms. The van der Waals surface area contributed by atoms with Gasteiger partial charge in [-0.15, -0.1) is 10.2 Å². The standard InChI is InChI=1S/C22H25N3O4/c1-13-24-25-21(29-13)17(12-20(26)27)18-10-14(8-9-23-18)16-11-15(22(2,3)4)6-7-19(16)28-5/h6-11,17H,12H2,1-5H3,(H,26,27). The molecule has 3 aromatic rings. The number of carbonyl (C=O) groups is 1. The van der Waals surface area contributed by atoms with E-state index in [4.69, 9.17) is 9.15 Å². The molecule has 152 valence electrons. The molecular formula is C22H25N3O4. The zero-order valence-corrected chi connectivity index (χ0v) is 17.3. The fourth-order valence-corrected chi connectivity index (χ4v) is 3.15. The van der Waals surface area contributed by atoms with Crippen LogP contribution in [-0.2, 0) is 10.2 Å². The lowest BCUT2D eigenvalue weighted by molar-refractivity contribution is -0.137. The molecule has 1 aromatic carbocycles. The van der Waals surface area contributed by atoms with Crippen LogP contribution in [-0.4, -0.2) is 33.4 Å². The van der Waals surface area contributed by atoms with Gasteiger partial charge in [0.25, 0.3) is 0 Å². The molecule has 0 aliphatic heterocycles. The Bertz CT molecular complexity index is 1020. The maximum Gasteiger partial charge on any atom is 0.304 e. The van der Waals surface area contributed by atoms with Gasteiger partial charge in [-0.25, -0.2) is 0 Å². The van der Waals surface area contributed by atoms with Crippen molar-refractivity contribution in [3.05, 3.63) is 59.6 Å². The molecule has 2 heterocycles. The fourth-order valence-electron chi connectivity index (χ4n) is 3.15. The molecule has 0 radical (unpaired) electrons. The molecule has 7 nitrogen and oxygen atoms in total. The van der Waals surface area contributed by atoms with Crippen molar-refractivity contribution >= 4 is 5.97 Å². The van der Waals surface area contributed by atoms with Crippen LogP contribution in [0.15, 0.2) is 40.9 Å². The maximum absolute atomic E-state index is 11.4. The fraction of sp³-hybridized carbons (Fsp3) is 0.364. The Morgan fingerprint density at radius 2 is 1.97 bits per heavy atom. The van der Waals surface area contributed by atoms with Crippen LogP contribution in [0.25, 0.3) is 11.1 Å². The van der Waals surface area contributed by atoms with E-state index in [1.165, 1.54) is 5.56 Å². The Kier molecular flexibility index (Phi) is 5.68. The number of hydrogen-bond acceptors (Lipinski definition) is 6. The van der Waals surface area contributed by atoms with Crippen molar-refractivity contribution in [1.29, 1.82) is 0 Å². The second-order valence-corrected chi connectivity index (χ2v) is 7.94. The monoisotopic (exact) mass is 395 g/mol. The van der Waals surface area contributed by atoms with E-state index in [9.17, 15) is 9.90 Å². The largest absolute Gasteiger partial charge is 0.496 e. The summed E-state index contributed by atoms with van der Waals surface area (Å²) in [5, 5.41) is 17.2. The summed E-state index contributed by atoms with van der Waals surface area (Å²) in [4.78, 5) is 15.8. The average Bonchev–Trinajstić information content (AvgIpc) is 3.11. The zero-order chi connectivity index (χ0) is 21.2. The molecule has 2 aromatic heterocycles. The third-order valence-corrected chi connectivity index (χ3v) is 4.73. The first-order valence-corrected chi connectivity index (χ1v) is 9.35. The number of methoxy groups -OCH3 is 1. The van der Waals surface area contributed by atoms with Gasteiger partial charge in [0.1, 0.15) is 5.75 Å². The van der Waals surface area contributed by atoms with Crippen LogP contribution in [0.3, 0.4) is 0 Å². The summed E-state index contributed by atoms with van der Waals surface area (Å²) < 4.78 is 11.1. The van der Waals surface area contributed by atoms with Crippen molar-refractivity contribution in [2.75, 3.05) is 7.11 Å². The first kappa shape index (κ1) is 20.5. The van der Waals surface area contributed by atoms with Crippen LogP contribution >= 0.6 is 0 Å². The van der Waals surface area contributed by atoms with Crippen molar-refractivity contribution < 1.29 is 19.1 Å². The molecular weight excluding hydrogens is 370 g/mol. The Hall–Kier alpha value is -3.22. The summed E-state index contributed by atoms with van der Waals surface area (Å²) >= 11 is 0. The topological polar surface area (TPSA) is 98.3 Å². The number of aromatic nitrogens is 3. The smallest absolute Gasteiger partial charge is 0.304 e. The van der Waals surface area contributed by atoms with Crippen molar-refractivity contribution in [1.82, 2.24) is 15.2 Å². The van der Waals surface area contributed by atoms with Crippen LogP contribution in [0.4, 0.5) is 0 Å². The van der Waals surface area contributed by atoms with Crippen LogP contribution in [0.1, 0.15) is 56.1 Å². The van der Waals surface area contributed by atoms with Crippen molar-refractivity contribution in [3.63, 3.8) is 0 Å². The van der Waals surface area contributed by atoms with Crippen LogP contribution in [0, 0.1) is 6.92 Å². The Balaban J connectivity index is 2.10. The van der Waals surface area contributed by atoms with E-state index in [1.54, 1.807) is 20.2 Å². The Morgan fingerprint density at radius 3 is 2.55 bits per heavy atom. The summed E-state index contributed by atoms with van der Waals surface area (Å²) in [6.45, 7) is 8.12. The maximum atomic E-state index is 11.4. The number of aliphatic carboxylic acids is 1. The molecule has 0 saturated heterocycles. The number of aryl methyl sites for hydroxylation is 1. The molecule has 3 rings (SSSR count). The molecule has 0 saturated carbocycles. The van der Waals surface area contributed by atoms with E-state index in [0.29, 0.717) is 11.6 Å². The van der Waals surface area contributed by atoms with Gasteiger partial charge in [-0.2, -0.15) is 0 Å². The third-order valence-electron chi connectivity index (χ3n) is 4.73. The van der Waals surface area contributed by atoms with Gasteiger partial charge >= 0.3 is 5.97 Å². The highest BCUT2D eigenvalue weighted by Gasteiger charge is 2.25. The minimum Gasteiger partial charge on any atom is -0.496 e. The molecule has 0 amide bonds. The van der Waals surface area contributed by atoms with Gasteiger partial charge in [-0.3, -0.25) is 9.78 Å². The van der Waals surface area contributed by atoms with E-state index in [1.807, 2.05) is 18.2 Å². The second-order valence-electron chi connectivity index (χ2n) is 7.94. The number of carboxylic acids is 1. The number of ether oxygens (including phenoxy) is 1. The quantitative estimate of drug-likeness (QED) is 0.662. The van der Waals surface area contributed by atoms with Crippen molar-refractivity contribution in [2.45, 2.75) is 45.4 Å². The van der Waals surface area contributed by atoms with Gasteiger partial charge in [0.15, 0.2) is 0 Å². The lowest BCUT2D eigenvalue weighted by atomic mass is 9.85. The number of hydrogen-bond donors (Lipinski definition) is 1. The summed E-state index contributed by atoms with van der Waals surface area (Å²) in [5.41, 5.74) is 3.49. The molecule has 1 N–H and O–H groups in total. The van der Waals surface area contributed by atoms with E-state index < -0.39 is 11.9 Å². The lowest BCUT2D eigenvalue weighted by Gasteiger charge is -2.21. The van der Waals surface area contributed by atoms with Crippen molar-refractivity contribution in [2.24, 2.45) is 0 Å².